The van der Waals surface area contributed by atoms with Crippen molar-refractivity contribution < 1.29 is 19.4 Å². The highest BCUT2D eigenvalue weighted by molar-refractivity contribution is 5.95. The third kappa shape index (κ3) is 3.46. The van der Waals surface area contributed by atoms with Gasteiger partial charge < -0.3 is 20.4 Å². The van der Waals surface area contributed by atoms with Crippen molar-refractivity contribution >= 4 is 11.6 Å². The smallest absolute Gasteiger partial charge is 0.256 e. The molecule has 1 saturated heterocycles. The quantitative estimate of drug-likeness (QED) is 0.748. The van der Waals surface area contributed by atoms with E-state index in [2.05, 4.69) is 5.32 Å². The van der Waals surface area contributed by atoms with Gasteiger partial charge in [-0.2, -0.15) is 0 Å². The number of amides is 1. The average molecular weight is 282 g/mol. The van der Waals surface area contributed by atoms with E-state index in [-0.39, 0.29) is 24.6 Å². The second-order valence-corrected chi connectivity index (χ2v) is 4.91. The monoisotopic (exact) mass is 282 g/mol. The van der Waals surface area contributed by atoms with Crippen LogP contribution in [0.3, 0.4) is 0 Å². The van der Waals surface area contributed by atoms with Crippen molar-refractivity contribution in [2.24, 2.45) is 0 Å². The van der Waals surface area contributed by atoms with Crippen molar-refractivity contribution in [1.29, 1.82) is 0 Å². The first-order chi connectivity index (χ1) is 9.61. The molecule has 1 fully saturated rings. The summed E-state index contributed by atoms with van der Waals surface area (Å²) in [6.07, 6.45) is 1.03. The van der Waals surface area contributed by atoms with Gasteiger partial charge in [0, 0.05) is 25.3 Å². The molecule has 1 aliphatic heterocycles. The summed E-state index contributed by atoms with van der Waals surface area (Å²) in [7, 11) is 0. The summed E-state index contributed by atoms with van der Waals surface area (Å²) in [5.41, 5.74) is 0.535. The molecule has 0 spiro atoms. The van der Waals surface area contributed by atoms with Crippen LogP contribution in [0.5, 0.6) is 0 Å². The summed E-state index contributed by atoms with van der Waals surface area (Å²) < 4.78 is 14.0. The van der Waals surface area contributed by atoms with Crippen LogP contribution in [-0.2, 0) is 0 Å². The Kier molecular flexibility index (Phi) is 4.92. The van der Waals surface area contributed by atoms with Crippen molar-refractivity contribution in [3.05, 3.63) is 29.6 Å². The first kappa shape index (κ1) is 14.7. The lowest BCUT2D eigenvalue weighted by Crippen LogP contribution is -2.28. The van der Waals surface area contributed by atoms with Crippen LogP contribution in [0.15, 0.2) is 18.2 Å². The van der Waals surface area contributed by atoms with Gasteiger partial charge in [0.1, 0.15) is 5.82 Å². The molecule has 1 heterocycles. The molecule has 0 saturated carbocycles. The normalized spacial score (nSPS) is 16.2. The van der Waals surface area contributed by atoms with E-state index in [1.165, 1.54) is 12.1 Å². The highest BCUT2D eigenvalue weighted by Gasteiger charge is 2.22. The van der Waals surface area contributed by atoms with E-state index in [1.807, 2.05) is 0 Å². The average Bonchev–Trinajstić information content (AvgIpc) is 2.98. The summed E-state index contributed by atoms with van der Waals surface area (Å²) in [6.45, 7) is 1.12. The fourth-order valence-electron chi connectivity index (χ4n) is 2.19. The molecule has 6 heteroatoms. The number of benzene rings is 1. The number of anilines is 1. The Morgan fingerprint density at radius 3 is 2.70 bits per heavy atom. The second-order valence-electron chi connectivity index (χ2n) is 4.91. The van der Waals surface area contributed by atoms with Gasteiger partial charge in [-0.3, -0.25) is 4.79 Å². The molecule has 1 aromatic rings. The molecule has 1 unspecified atom stereocenters. The highest BCUT2D eigenvalue weighted by Crippen LogP contribution is 2.18. The summed E-state index contributed by atoms with van der Waals surface area (Å²) in [5.74, 6) is -0.854. The van der Waals surface area contributed by atoms with E-state index < -0.39 is 11.9 Å². The van der Waals surface area contributed by atoms with Crippen molar-refractivity contribution in [2.45, 2.75) is 18.9 Å². The van der Waals surface area contributed by atoms with E-state index in [0.29, 0.717) is 18.8 Å². The van der Waals surface area contributed by atoms with Gasteiger partial charge >= 0.3 is 0 Å². The number of carbonyl (C=O) groups is 1. The van der Waals surface area contributed by atoms with E-state index in [9.17, 15) is 14.3 Å². The molecule has 0 aliphatic carbocycles. The number of halogens is 1. The van der Waals surface area contributed by atoms with E-state index in [1.54, 1.807) is 11.0 Å². The Morgan fingerprint density at radius 1 is 1.40 bits per heavy atom. The molecule has 2 rings (SSSR count). The summed E-state index contributed by atoms with van der Waals surface area (Å²) in [5, 5.41) is 20.7. The molecule has 20 heavy (non-hydrogen) atoms. The molecule has 0 bridgehead atoms. The molecule has 5 nitrogen and oxygen atoms in total. The van der Waals surface area contributed by atoms with Gasteiger partial charge in [-0.15, -0.1) is 0 Å². The first-order valence-electron chi connectivity index (χ1n) is 6.73. The number of carbonyl (C=O) groups excluding carboxylic acids is 1. The van der Waals surface area contributed by atoms with Crippen molar-refractivity contribution in [3.8, 4) is 0 Å². The van der Waals surface area contributed by atoms with Gasteiger partial charge in [0.2, 0.25) is 0 Å². The zero-order valence-corrected chi connectivity index (χ0v) is 11.2. The maximum atomic E-state index is 14.0. The maximum absolute atomic E-state index is 14.0. The van der Waals surface area contributed by atoms with Crippen molar-refractivity contribution in [2.75, 3.05) is 31.6 Å². The van der Waals surface area contributed by atoms with Gasteiger partial charge in [0.15, 0.2) is 0 Å². The molecular formula is C14H19FN2O3. The van der Waals surface area contributed by atoms with Gasteiger partial charge in [0.05, 0.1) is 18.3 Å². The molecule has 1 aliphatic rings. The fraction of sp³-hybridized carbons (Fsp3) is 0.500. The number of likely N-dealkylation sites (tertiary alicyclic amines) is 1. The van der Waals surface area contributed by atoms with Crippen molar-refractivity contribution in [3.63, 3.8) is 0 Å². The number of hydrogen-bond acceptors (Lipinski definition) is 4. The second kappa shape index (κ2) is 6.67. The largest absolute Gasteiger partial charge is 0.394 e. The van der Waals surface area contributed by atoms with Crippen LogP contribution in [0.25, 0.3) is 0 Å². The predicted octanol–water partition coefficient (Wildman–Crippen LogP) is 0.827. The van der Waals surface area contributed by atoms with Crippen LogP contribution in [-0.4, -0.2) is 53.4 Å². The highest BCUT2D eigenvalue weighted by atomic mass is 19.1. The standard InChI is InChI=1S/C14H19FN2O3/c15-13-7-10(16-8-11(19)9-18)3-4-12(13)14(20)17-5-1-2-6-17/h3-4,7,11,16,18-19H,1-2,5-6,8-9H2. The molecule has 1 atom stereocenters. The summed E-state index contributed by atoms with van der Waals surface area (Å²) >= 11 is 0. The molecule has 110 valence electrons. The Bertz CT molecular complexity index is 475. The molecule has 0 radical (unpaired) electrons. The molecule has 0 aromatic heterocycles. The number of aliphatic hydroxyl groups excluding tert-OH is 2. The van der Waals surface area contributed by atoms with E-state index in [4.69, 9.17) is 5.11 Å². The first-order valence-corrected chi connectivity index (χ1v) is 6.73. The molecular weight excluding hydrogens is 263 g/mol. The number of rotatable bonds is 5. The Labute approximate surface area is 117 Å². The van der Waals surface area contributed by atoms with Gasteiger partial charge in [-0.25, -0.2) is 4.39 Å². The lowest BCUT2D eigenvalue weighted by atomic mass is 10.1. The summed E-state index contributed by atoms with van der Waals surface area (Å²) in [6, 6.07) is 4.27. The zero-order valence-electron chi connectivity index (χ0n) is 11.2. The van der Waals surface area contributed by atoms with Crippen molar-refractivity contribution in [1.82, 2.24) is 4.90 Å². The number of aliphatic hydroxyl groups is 2. The van der Waals surface area contributed by atoms with Crippen LogP contribution in [0.2, 0.25) is 0 Å². The Balaban J connectivity index is 2.03. The lowest BCUT2D eigenvalue weighted by Gasteiger charge is -2.16. The lowest BCUT2D eigenvalue weighted by molar-refractivity contribution is 0.0788. The predicted molar refractivity (Wildman–Crippen MR) is 73.1 cm³/mol. The topological polar surface area (TPSA) is 72.8 Å². The number of hydrogen-bond donors (Lipinski definition) is 3. The minimum Gasteiger partial charge on any atom is -0.394 e. The van der Waals surface area contributed by atoms with Crippen LogP contribution in [0.4, 0.5) is 10.1 Å². The van der Waals surface area contributed by atoms with Crippen LogP contribution < -0.4 is 5.32 Å². The van der Waals surface area contributed by atoms with Crippen LogP contribution >= 0.6 is 0 Å². The number of nitrogens with one attached hydrogen (secondary N) is 1. The zero-order chi connectivity index (χ0) is 14.5. The molecule has 3 N–H and O–H groups in total. The van der Waals surface area contributed by atoms with Crippen LogP contribution in [0.1, 0.15) is 23.2 Å². The van der Waals surface area contributed by atoms with E-state index in [0.717, 1.165) is 12.8 Å². The van der Waals surface area contributed by atoms with Crippen LogP contribution in [0, 0.1) is 5.82 Å². The SMILES string of the molecule is O=C(c1ccc(NCC(O)CO)cc1F)N1CCCC1. The number of nitrogens with zero attached hydrogens (tertiary/aromatic N) is 1. The minimum atomic E-state index is -0.899. The minimum absolute atomic E-state index is 0.0696. The Hall–Kier alpha value is -1.66. The van der Waals surface area contributed by atoms with Gasteiger partial charge in [-0.05, 0) is 31.0 Å². The Morgan fingerprint density at radius 2 is 2.10 bits per heavy atom. The molecule has 1 amide bonds. The van der Waals surface area contributed by atoms with Gasteiger partial charge in [-0.1, -0.05) is 0 Å². The maximum Gasteiger partial charge on any atom is 0.256 e. The van der Waals surface area contributed by atoms with E-state index >= 15 is 0 Å². The van der Waals surface area contributed by atoms with Gasteiger partial charge in [0.25, 0.3) is 5.91 Å². The molecule has 1 aromatic carbocycles. The summed E-state index contributed by atoms with van der Waals surface area (Å²) in [4.78, 5) is 13.7. The third-order valence-corrected chi connectivity index (χ3v) is 3.35. The fourth-order valence-corrected chi connectivity index (χ4v) is 2.19. The third-order valence-electron chi connectivity index (χ3n) is 3.35.